The number of benzene rings is 1. The minimum Gasteiger partial charge on any atom is -0.492 e. The summed E-state index contributed by atoms with van der Waals surface area (Å²) < 4.78 is 24.1. The molecule has 0 atom stereocenters. The third kappa shape index (κ3) is 4.07. The van der Waals surface area contributed by atoms with E-state index in [-0.39, 0.29) is 23.4 Å². The molecule has 9 heteroatoms. The minimum absolute atomic E-state index is 0.0270. The number of fused-ring (bicyclic) bond motifs is 1. The molecule has 28 heavy (non-hydrogen) atoms. The number of rotatable bonds is 4. The molecule has 2 aromatic rings. The van der Waals surface area contributed by atoms with E-state index >= 15 is 0 Å². The van der Waals surface area contributed by atoms with Crippen LogP contribution in [0.25, 0.3) is 0 Å². The average molecular weight is 425 g/mol. The van der Waals surface area contributed by atoms with E-state index in [1.54, 1.807) is 11.0 Å². The highest BCUT2D eigenvalue weighted by atomic mass is 35.5. The minimum atomic E-state index is -0.399. The first kappa shape index (κ1) is 19.0. The van der Waals surface area contributed by atoms with E-state index < -0.39 is 5.82 Å². The van der Waals surface area contributed by atoms with E-state index in [2.05, 4.69) is 5.32 Å². The van der Waals surface area contributed by atoms with Gasteiger partial charge in [0.25, 0.3) is 11.8 Å². The van der Waals surface area contributed by atoms with Crippen LogP contribution in [0.4, 0.5) is 9.39 Å². The first-order valence-electron chi connectivity index (χ1n) is 8.93. The number of halogens is 2. The van der Waals surface area contributed by atoms with E-state index in [1.807, 2.05) is 0 Å². The lowest BCUT2D eigenvalue weighted by Gasteiger charge is -2.31. The molecule has 1 N–H and O–H groups in total. The van der Waals surface area contributed by atoms with E-state index in [1.165, 1.54) is 29.5 Å². The molecule has 2 aliphatic heterocycles. The maximum Gasteiger partial charge on any atom is 0.264 e. The number of anilines is 1. The van der Waals surface area contributed by atoms with Crippen LogP contribution in [0.3, 0.4) is 0 Å². The van der Waals surface area contributed by atoms with Crippen molar-refractivity contribution in [3.05, 3.63) is 40.0 Å². The molecule has 1 fully saturated rings. The number of thiophene rings is 1. The largest absolute Gasteiger partial charge is 0.492 e. The number of likely N-dealkylation sites (tertiary alicyclic amines) is 1. The molecule has 3 heterocycles. The number of hydrogen-bond donors (Lipinski definition) is 1. The van der Waals surface area contributed by atoms with E-state index in [0.717, 1.165) is 12.8 Å². The number of piperidine rings is 1. The second-order valence-electron chi connectivity index (χ2n) is 6.76. The Morgan fingerprint density at radius 2 is 2.14 bits per heavy atom. The quantitative estimate of drug-likeness (QED) is 0.810. The monoisotopic (exact) mass is 424 g/mol. The lowest BCUT2D eigenvalue weighted by atomic mass is 9.97. The van der Waals surface area contributed by atoms with Crippen molar-refractivity contribution in [2.24, 2.45) is 5.92 Å². The molecule has 1 aromatic heterocycles. The third-order valence-corrected chi connectivity index (χ3v) is 6.11. The zero-order valence-corrected chi connectivity index (χ0v) is 16.4. The number of carbonyl (C=O) groups is 2. The van der Waals surface area contributed by atoms with Gasteiger partial charge >= 0.3 is 0 Å². The second-order valence-corrected chi connectivity index (χ2v) is 8.22. The number of carbonyl (C=O) groups excluding carboxylic acids is 2. The van der Waals surface area contributed by atoms with Gasteiger partial charge < -0.3 is 19.7 Å². The molecule has 148 valence electrons. The highest BCUT2D eigenvalue weighted by Crippen LogP contribution is 2.38. The van der Waals surface area contributed by atoms with E-state index in [4.69, 9.17) is 21.1 Å². The summed E-state index contributed by atoms with van der Waals surface area (Å²) in [6.45, 7) is 1.70. The summed E-state index contributed by atoms with van der Waals surface area (Å²) in [5.74, 6) is 0.641. The fourth-order valence-electron chi connectivity index (χ4n) is 3.24. The molecule has 0 aliphatic carbocycles. The van der Waals surface area contributed by atoms with Gasteiger partial charge in [0, 0.05) is 19.2 Å². The van der Waals surface area contributed by atoms with E-state index in [0.29, 0.717) is 47.0 Å². The molecule has 0 radical (unpaired) electrons. The topological polar surface area (TPSA) is 67.9 Å². The van der Waals surface area contributed by atoms with Gasteiger partial charge in [-0.25, -0.2) is 4.39 Å². The summed E-state index contributed by atoms with van der Waals surface area (Å²) >= 11 is 7.21. The van der Waals surface area contributed by atoms with Gasteiger partial charge in [0.15, 0.2) is 12.4 Å². The molecule has 1 aromatic carbocycles. The Hall–Kier alpha value is -2.32. The van der Waals surface area contributed by atoms with Crippen LogP contribution >= 0.6 is 22.9 Å². The normalized spacial score (nSPS) is 16.9. The molecule has 0 bridgehead atoms. The summed E-state index contributed by atoms with van der Waals surface area (Å²) in [7, 11) is 0. The molecule has 4 rings (SSSR count). The van der Waals surface area contributed by atoms with Gasteiger partial charge in [0.1, 0.15) is 16.6 Å². The summed E-state index contributed by atoms with van der Waals surface area (Å²) in [6.07, 6.45) is 1.62. The highest BCUT2D eigenvalue weighted by molar-refractivity contribution is 7.18. The van der Waals surface area contributed by atoms with Crippen LogP contribution in [0.15, 0.2) is 24.3 Å². The SMILES string of the molecule is O=C1COc2cc(C(=O)N3CCC(COc4ccc(F)cc4Cl)CC3)sc2N1. The van der Waals surface area contributed by atoms with Crippen LogP contribution < -0.4 is 14.8 Å². The third-order valence-electron chi connectivity index (χ3n) is 4.79. The highest BCUT2D eigenvalue weighted by Gasteiger charge is 2.28. The Bertz CT molecular complexity index is 911. The van der Waals surface area contributed by atoms with Gasteiger partial charge in [-0.1, -0.05) is 11.6 Å². The Kier molecular flexibility index (Phi) is 5.41. The van der Waals surface area contributed by atoms with Crippen LogP contribution in [0, 0.1) is 11.7 Å². The van der Waals surface area contributed by atoms with Crippen molar-refractivity contribution in [3.63, 3.8) is 0 Å². The lowest BCUT2D eigenvalue weighted by Crippen LogP contribution is -2.39. The van der Waals surface area contributed by atoms with Gasteiger partial charge in [-0.05, 0) is 37.0 Å². The predicted molar refractivity (Wildman–Crippen MR) is 104 cm³/mol. The molecule has 0 unspecified atom stereocenters. The summed E-state index contributed by atoms with van der Waals surface area (Å²) in [5.41, 5.74) is 0. The van der Waals surface area contributed by atoms with Gasteiger partial charge in [-0.15, -0.1) is 11.3 Å². The Morgan fingerprint density at radius 3 is 2.89 bits per heavy atom. The van der Waals surface area contributed by atoms with Crippen molar-refractivity contribution in [2.75, 3.05) is 31.6 Å². The number of nitrogens with zero attached hydrogens (tertiary/aromatic N) is 1. The smallest absolute Gasteiger partial charge is 0.264 e. The number of ether oxygens (including phenoxy) is 2. The molecule has 2 amide bonds. The van der Waals surface area contributed by atoms with Crippen molar-refractivity contribution >= 4 is 39.8 Å². The fourth-order valence-corrected chi connectivity index (χ4v) is 4.45. The van der Waals surface area contributed by atoms with Crippen LogP contribution in [0.1, 0.15) is 22.5 Å². The van der Waals surface area contributed by atoms with Crippen molar-refractivity contribution in [3.8, 4) is 11.5 Å². The maximum atomic E-state index is 13.1. The van der Waals surface area contributed by atoms with Crippen LogP contribution in [-0.2, 0) is 4.79 Å². The Morgan fingerprint density at radius 1 is 1.36 bits per heavy atom. The first-order valence-corrected chi connectivity index (χ1v) is 10.1. The van der Waals surface area contributed by atoms with Gasteiger partial charge in [0.05, 0.1) is 16.5 Å². The zero-order chi connectivity index (χ0) is 19.7. The second kappa shape index (κ2) is 7.97. The molecule has 2 aliphatic rings. The van der Waals surface area contributed by atoms with E-state index in [9.17, 15) is 14.0 Å². The number of hydrogen-bond acceptors (Lipinski definition) is 5. The zero-order valence-electron chi connectivity index (χ0n) is 14.9. The van der Waals surface area contributed by atoms with Gasteiger partial charge in [0.2, 0.25) is 0 Å². The van der Waals surface area contributed by atoms with Gasteiger partial charge in [-0.3, -0.25) is 9.59 Å². The van der Waals surface area contributed by atoms with Crippen molar-refractivity contribution in [2.45, 2.75) is 12.8 Å². The summed E-state index contributed by atoms with van der Waals surface area (Å²) in [4.78, 5) is 26.5. The lowest BCUT2D eigenvalue weighted by molar-refractivity contribution is -0.118. The first-order chi connectivity index (χ1) is 13.5. The van der Waals surface area contributed by atoms with Crippen molar-refractivity contribution < 1.29 is 23.5 Å². The molecular formula is C19H18ClFN2O4S. The summed E-state index contributed by atoms with van der Waals surface area (Å²) in [6, 6.07) is 5.75. The molecular weight excluding hydrogens is 407 g/mol. The van der Waals surface area contributed by atoms with Crippen molar-refractivity contribution in [1.82, 2.24) is 4.90 Å². The van der Waals surface area contributed by atoms with Crippen LogP contribution in [0.5, 0.6) is 11.5 Å². The fraction of sp³-hybridized carbons (Fsp3) is 0.368. The molecule has 0 spiro atoms. The molecule has 6 nitrogen and oxygen atoms in total. The Labute approximate surface area is 170 Å². The summed E-state index contributed by atoms with van der Waals surface area (Å²) in [5, 5.41) is 3.55. The number of amides is 2. The molecule has 1 saturated heterocycles. The Balaban J connectivity index is 1.30. The molecule has 0 saturated carbocycles. The van der Waals surface area contributed by atoms with Crippen LogP contribution in [0.2, 0.25) is 5.02 Å². The van der Waals surface area contributed by atoms with Crippen molar-refractivity contribution in [1.29, 1.82) is 0 Å². The standard InChI is InChI=1S/C19H18ClFN2O4S/c20-13-7-12(21)1-2-14(13)26-9-11-3-5-23(6-4-11)19(25)16-8-15-18(28-16)22-17(24)10-27-15/h1-2,7-8,11H,3-6,9-10H2,(H,22,24). The maximum absolute atomic E-state index is 13.1. The predicted octanol–water partition coefficient (Wildman–Crippen LogP) is 3.80. The number of nitrogens with one attached hydrogen (secondary N) is 1. The van der Waals surface area contributed by atoms with Gasteiger partial charge in [-0.2, -0.15) is 0 Å². The van der Waals surface area contributed by atoms with Crippen LogP contribution in [-0.4, -0.2) is 43.0 Å². The average Bonchev–Trinajstić information content (AvgIpc) is 3.10.